The Hall–Kier alpha value is -1.37. The molecule has 0 bridgehead atoms. The number of aliphatic hydroxyl groups excluding tert-OH is 1. The van der Waals surface area contributed by atoms with Crippen LogP contribution in [-0.4, -0.2) is 34.1 Å². The van der Waals surface area contributed by atoms with Gasteiger partial charge in [0.1, 0.15) is 18.5 Å². The maximum atomic E-state index is 9.83. The topological polar surface area (TPSA) is 59.3 Å². The Balaban J connectivity index is 1.65. The molecule has 20 heavy (non-hydrogen) atoms. The maximum Gasteiger partial charge on any atom is 0.119 e. The average molecular weight is 340 g/mol. The van der Waals surface area contributed by atoms with Crippen molar-refractivity contribution < 1.29 is 9.84 Å². The van der Waals surface area contributed by atoms with Gasteiger partial charge in [-0.25, -0.2) is 0 Å². The Bertz CT molecular complexity index is 527. The van der Waals surface area contributed by atoms with Crippen LogP contribution in [0.25, 0.3) is 0 Å². The Morgan fingerprint density at radius 1 is 1.35 bits per heavy atom. The molecule has 1 unspecified atom stereocenters. The number of halogens is 1. The molecule has 0 fully saturated rings. The summed E-state index contributed by atoms with van der Waals surface area (Å²) in [6.45, 7) is 1.36. The van der Waals surface area contributed by atoms with Crippen molar-refractivity contribution in [3.8, 4) is 5.75 Å². The van der Waals surface area contributed by atoms with Crippen LogP contribution in [0.5, 0.6) is 5.75 Å². The third-order valence-electron chi connectivity index (χ3n) is 2.71. The zero-order chi connectivity index (χ0) is 14.4. The number of aliphatic hydroxyl groups is 1. The van der Waals surface area contributed by atoms with Gasteiger partial charge in [-0.3, -0.25) is 4.68 Å². The molecule has 0 aliphatic heterocycles. The molecule has 2 aromatic rings. The Morgan fingerprint density at radius 3 is 2.75 bits per heavy atom. The fraction of sp³-hybridized carbons (Fsp3) is 0.357. The monoisotopic (exact) mass is 339 g/mol. The highest BCUT2D eigenvalue weighted by Crippen LogP contribution is 2.16. The molecular formula is C14H18BrN3O2. The molecule has 0 saturated heterocycles. The lowest BCUT2D eigenvalue weighted by Crippen LogP contribution is -2.31. The number of nitrogens with one attached hydrogen (secondary N) is 1. The van der Waals surface area contributed by atoms with Crippen LogP contribution in [0.15, 0.2) is 41.0 Å². The predicted molar refractivity (Wildman–Crippen MR) is 80.6 cm³/mol. The van der Waals surface area contributed by atoms with Gasteiger partial charge >= 0.3 is 0 Å². The molecule has 1 aromatic heterocycles. The molecule has 1 aromatic carbocycles. The molecule has 0 aliphatic rings. The van der Waals surface area contributed by atoms with Gasteiger partial charge in [-0.15, -0.1) is 0 Å². The summed E-state index contributed by atoms with van der Waals surface area (Å²) in [5.41, 5.74) is 0.952. The maximum absolute atomic E-state index is 9.83. The highest BCUT2D eigenvalue weighted by molar-refractivity contribution is 9.10. The summed E-state index contributed by atoms with van der Waals surface area (Å²) in [5, 5.41) is 17.2. The van der Waals surface area contributed by atoms with Crippen molar-refractivity contribution in [3.63, 3.8) is 0 Å². The van der Waals surface area contributed by atoms with Gasteiger partial charge in [0.15, 0.2) is 0 Å². The third-order valence-corrected chi connectivity index (χ3v) is 3.24. The fourth-order valence-electron chi connectivity index (χ4n) is 1.71. The first kappa shape index (κ1) is 15.0. The van der Waals surface area contributed by atoms with Crippen molar-refractivity contribution in [2.45, 2.75) is 12.6 Å². The predicted octanol–water partition coefficient (Wildman–Crippen LogP) is 1.71. The van der Waals surface area contributed by atoms with E-state index >= 15 is 0 Å². The highest BCUT2D eigenvalue weighted by Gasteiger charge is 2.05. The van der Waals surface area contributed by atoms with E-state index in [2.05, 4.69) is 26.3 Å². The van der Waals surface area contributed by atoms with Crippen LogP contribution in [0.3, 0.4) is 0 Å². The van der Waals surface area contributed by atoms with Gasteiger partial charge in [-0.05, 0) is 30.3 Å². The van der Waals surface area contributed by atoms with E-state index in [1.807, 2.05) is 43.6 Å². The molecule has 0 saturated carbocycles. The second kappa shape index (κ2) is 7.42. The van der Waals surface area contributed by atoms with E-state index < -0.39 is 6.10 Å². The van der Waals surface area contributed by atoms with Crippen LogP contribution in [0.1, 0.15) is 5.69 Å². The van der Waals surface area contributed by atoms with E-state index in [9.17, 15) is 5.11 Å². The summed E-state index contributed by atoms with van der Waals surface area (Å²) in [7, 11) is 1.88. The lowest BCUT2D eigenvalue weighted by molar-refractivity contribution is 0.106. The number of aryl methyl sites for hydroxylation is 1. The number of aromatic nitrogens is 2. The first-order valence-electron chi connectivity index (χ1n) is 6.39. The van der Waals surface area contributed by atoms with E-state index in [0.29, 0.717) is 13.1 Å². The summed E-state index contributed by atoms with van der Waals surface area (Å²) in [4.78, 5) is 0. The zero-order valence-corrected chi connectivity index (χ0v) is 12.9. The van der Waals surface area contributed by atoms with Gasteiger partial charge in [0.05, 0.1) is 5.69 Å². The number of ether oxygens (including phenoxy) is 1. The number of hydrogen-bond acceptors (Lipinski definition) is 4. The first-order chi connectivity index (χ1) is 9.63. The molecule has 6 heteroatoms. The van der Waals surface area contributed by atoms with E-state index in [1.165, 1.54) is 0 Å². The van der Waals surface area contributed by atoms with E-state index in [0.717, 1.165) is 15.9 Å². The van der Waals surface area contributed by atoms with Gasteiger partial charge in [0.25, 0.3) is 0 Å². The first-order valence-corrected chi connectivity index (χ1v) is 7.18. The molecule has 2 N–H and O–H groups in total. The number of nitrogens with zero attached hydrogens (tertiary/aromatic N) is 2. The summed E-state index contributed by atoms with van der Waals surface area (Å²) < 4.78 is 8.26. The van der Waals surface area contributed by atoms with E-state index in [4.69, 9.17) is 4.74 Å². The SMILES string of the molecule is Cn1ccc(CNCC(O)COc2ccc(Br)cc2)n1. The molecule has 0 spiro atoms. The average Bonchev–Trinajstić information content (AvgIpc) is 2.84. The van der Waals surface area contributed by atoms with Crippen LogP contribution < -0.4 is 10.1 Å². The van der Waals surface area contributed by atoms with Gasteiger partial charge in [0, 0.05) is 30.8 Å². The van der Waals surface area contributed by atoms with E-state index in [-0.39, 0.29) is 6.61 Å². The molecule has 108 valence electrons. The van der Waals surface area contributed by atoms with Gasteiger partial charge in [-0.2, -0.15) is 5.10 Å². The minimum absolute atomic E-state index is 0.261. The van der Waals surface area contributed by atoms with Crippen molar-refractivity contribution >= 4 is 15.9 Å². The third kappa shape index (κ3) is 4.96. The summed E-state index contributed by atoms with van der Waals surface area (Å²) >= 11 is 3.36. The second-order valence-corrected chi connectivity index (χ2v) is 5.45. The van der Waals surface area contributed by atoms with Crippen LogP contribution in [0, 0.1) is 0 Å². The van der Waals surface area contributed by atoms with Crippen molar-refractivity contribution in [3.05, 3.63) is 46.7 Å². The molecule has 5 nitrogen and oxygen atoms in total. The molecule has 1 heterocycles. The summed E-state index contributed by atoms with van der Waals surface area (Å²) in [6, 6.07) is 9.47. The standard InChI is InChI=1S/C14H18BrN3O2/c1-18-7-6-12(17-18)8-16-9-13(19)10-20-14-4-2-11(15)3-5-14/h2-7,13,16,19H,8-10H2,1H3. The van der Waals surface area contributed by atoms with Crippen molar-refractivity contribution in [2.75, 3.05) is 13.2 Å². The van der Waals surface area contributed by atoms with Crippen LogP contribution >= 0.6 is 15.9 Å². The highest BCUT2D eigenvalue weighted by atomic mass is 79.9. The molecule has 1 atom stereocenters. The van der Waals surface area contributed by atoms with Crippen LogP contribution in [0.2, 0.25) is 0 Å². The number of rotatable bonds is 7. The lowest BCUT2D eigenvalue weighted by atomic mass is 10.3. The Morgan fingerprint density at radius 2 is 2.10 bits per heavy atom. The molecule has 2 rings (SSSR count). The van der Waals surface area contributed by atoms with Gasteiger partial charge < -0.3 is 15.2 Å². The minimum Gasteiger partial charge on any atom is -0.491 e. The smallest absolute Gasteiger partial charge is 0.119 e. The molecule has 0 radical (unpaired) electrons. The van der Waals surface area contributed by atoms with Crippen molar-refractivity contribution in [1.29, 1.82) is 0 Å². The number of benzene rings is 1. The van der Waals surface area contributed by atoms with Crippen molar-refractivity contribution in [2.24, 2.45) is 7.05 Å². The van der Waals surface area contributed by atoms with Gasteiger partial charge in [-0.1, -0.05) is 15.9 Å². The summed E-state index contributed by atoms with van der Waals surface area (Å²) in [5.74, 6) is 0.747. The number of hydrogen-bond donors (Lipinski definition) is 2. The minimum atomic E-state index is -0.553. The largest absolute Gasteiger partial charge is 0.491 e. The van der Waals surface area contributed by atoms with Gasteiger partial charge in [0.2, 0.25) is 0 Å². The molecular weight excluding hydrogens is 322 g/mol. The molecule has 0 amide bonds. The fourth-order valence-corrected chi connectivity index (χ4v) is 1.97. The van der Waals surface area contributed by atoms with Crippen LogP contribution in [0.4, 0.5) is 0 Å². The summed E-state index contributed by atoms with van der Waals surface area (Å²) in [6.07, 6.45) is 1.34. The second-order valence-electron chi connectivity index (χ2n) is 4.53. The Labute approximate surface area is 126 Å². The quantitative estimate of drug-likeness (QED) is 0.806. The van der Waals surface area contributed by atoms with Crippen LogP contribution in [-0.2, 0) is 13.6 Å². The molecule has 0 aliphatic carbocycles. The Kier molecular flexibility index (Phi) is 5.58. The van der Waals surface area contributed by atoms with Crippen molar-refractivity contribution in [1.82, 2.24) is 15.1 Å². The van der Waals surface area contributed by atoms with E-state index in [1.54, 1.807) is 4.68 Å². The lowest BCUT2D eigenvalue weighted by Gasteiger charge is -2.12. The normalized spacial score (nSPS) is 12.3. The zero-order valence-electron chi connectivity index (χ0n) is 11.3.